The molecule has 0 radical (unpaired) electrons. The Morgan fingerprint density at radius 1 is 0.861 bits per heavy atom. The van der Waals surface area contributed by atoms with Crippen molar-refractivity contribution in [1.82, 2.24) is 0 Å². The minimum atomic E-state index is -1.59. The van der Waals surface area contributed by atoms with Crippen LogP contribution in [0.4, 0.5) is 5.69 Å². The van der Waals surface area contributed by atoms with Crippen molar-refractivity contribution in [3.05, 3.63) is 80.8 Å². The first-order chi connectivity index (χ1) is 17.0. The van der Waals surface area contributed by atoms with E-state index in [1.165, 1.54) is 18.2 Å². The van der Waals surface area contributed by atoms with Crippen LogP contribution in [-0.2, 0) is 4.74 Å². The van der Waals surface area contributed by atoms with Crippen LogP contribution in [0.15, 0.2) is 48.5 Å². The van der Waals surface area contributed by atoms with Crippen molar-refractivity contribution in [2.24, 2.45) is 5.73 Å². The summed E-state index contributed by atoms with van der Waals surface area (Å²) >= 11 is 12.2. The van der Waals surface area contributed by atoms with E-state index in [0.29, 0.717) is 22.2 Å². The van der Waals surface area contributed by atoms with Crippen LogP contribution in [0.3, 0.4) is 0 Å². The fraction of sp³-hybridized carbons (Fsp3) is 0.0833. The van der Waals surface area contributed by atoms with Crippen LogP contribution in [0, 0.1) is 0 Å². The highest BCUT2D eigenvalue weighted by Crippen LogP contribution is 2.33. The van der Waals surface area contributed by atoms with Crippen LogP contribution in [0.2, 0.25) is 10.0 Å². The second-order valence-corrected chi connectivity index (χ2v) is 8.13. The standard InChI is InChI=1S/C24H18Cl2N2O8/c25-12-2-4-13(18(26)8-12)11-1-3-14(24(35)36-6-5-27)19(7-11)28-21(30)15-9-17(23(33)34)20(29)10-16(15)22(31)32/h1-4,7-10,29H,5-6,27H2,(H,28,30)(H,31,32)(H,33,34). The molecule has 36 heavy (non-hydrogen) atoms. The molecule has 0 aliphatic rings. The third-order valence-electron chi connectivity index (χ3n) is 4.92. The number of benzene rings is 3. The molecule has 0 spiro atoms. The molecule has 0 saturated carbocycles. The lowest BCUT2D eigenvalue weighted by Gasteiger charge is -2.15. The van der Waals surface area contributed by atoms with Crippen LogP contribution >= 0.6 is 23.2 Å². The molecule has 3 aromatic carbocycles. The highest BCUT2D eigenvalue weighted by Gasteiger charge is 2.24. The number of hydrogen-bond acceptors (Lipinski definition) is 7. The Bertz CT molecular complexity index is 1390. The van der Waals surface area contributed by atoms with Gasteiger partial charge in [-0.05, 0) is 42.0 Å². The number of esters is 1. The Hall–Kier alpha value is -4.12. The van der Waals surface area contributed by atoms with Crippen molar-refractivity contribution >= 4 is 52.7 Å². The average Bonchev–Trinajstić information content (AvgIpc) is 2.81. The molecule has 12 heteroatoms. The van der Waals surface area contributed by atoms with Gasteiger partial charge < -0.3 is 31.1 Å². The molecule has 0 unspecified atom stereocenters. The normalized spacial score (nSPS) is 10.5. The van der Waals surface area contributed by atoms with E-state index in [4.69, 9.17) is 33.7 Å². The van der Waals surface area contributed by atoms with Crippen LogP contribution in [-0.4, -0.2) is 52.3 Å². The third kappa shape index (κ3) is 5.74. The smallest absolute Gasteiger partial charge is 0.340 e. The van der Waals surface area contributed by atoms with Gasteiger partial charge in [-0.3, -0.25) is 4.79 Å². The summed E-state index contributed by atoms with van der Waals surface area (Å²) in [5.41, 5.74) is 4.30. The number of nitrogens with one attached hydrogen (secondary N) is 1. The number of nitrogens with two attached hydrogens (primary N) is 1. The van der Waals surface area contributed by atoms with Crippen LogP contribution in [0.1, 0.15) is 41.4 Å². The molecule has 0 aliphatic heterocycles. The number of carbonyl (C=O) groups excluding carboxylic acids is 2. The highest BCUT2D eigenvalue weighted by molar-refractivity contribution is 6.36. The Kier molecular flexibility index (Phi) is 8.15. The number of carboxylic acids is 2. The minimum Gasteiger partial charge on any atom is -0.507 e. The van der Waals surface area contributed by atoms with Crippen molar-refractivity contribution in [3.63, 3.8) is 0 Å². The summed E-state index contributed by atoms with van der Waals surface area (Å²) in [6, 6.07) is 10.4. The number of aromatic hydroxyl groups is 1. The van der Waals surface area contributed by atoms with Gasteiger partial charge in [-0.1, -0.05) is 35.3 Å². The van der Waals surface area contributed by atoms with E-state index in [1.807, 2.05) is 0 Å². The van der Waals surface area contributed by atoms with Crippen molar-refractivity contribution in [3.8, 4) is 16.9 Å². The molecule has 3 aromatic rings. The summed E-state index contributed by atoms with van der Waals surface area (Å²) in [6.07, 6.45) is 0. The molecule has 0 bridgehead atoms. The van der Waals surface area contributed by atoms with E-state index in [9.17, 15) is 34.5 Å². The number of carbonyl (C=O) groups is 4. The fourth-order valence-corrected chi connectivity index (χ4v) is 3.78. The predicted molar refractivity (Wildman–Crippen MR) is 131 cm³/mol. The monoisotopic (exact) mass is 532 g/mol. The zero-order valence-electron chi connectivity index (χ0n) is 18.2. The number of amides is 1. The molecule has 186 valence electrons. The predicted octanol–water partition coefficient (Wildman–Crippen LogP) is 4.13. The van der Waals surface area contributed by atoms with Crippen molar-refractivity contribution < 1.29 is 39.2 Å². The molecule has 10 nitrogen and oxygen atoms in total. The first-order valence-electron chi connectivity index (χ1n) is 10.1. The lowest BCUT2D eigenvalue weighted by atomic mass is 10.00. The largest absolute Gasteiger partial charge is 0.507 e. The average molecular weight is 533 g/mol. The van der Waals surface area contributed by atoms with E-state index in [1.54, 1.807) is 18.2 Å². The second kappa shape index (κ2) is 11.1. The Balaban J connectivity index is 2.12. The number of carboxylic acid groups (broad SMARTS) is 2. The fourth-order valence-electron chi connectivity index (χ4n) is 3.26. The number of anilines is 1. The molecule has 0 fully saturated rings. The summed E-state index contributed by atoms with van der Waals surface area (Å²) in [5, 5.41) is 31.7. The molecule has 0 aromatic heterocycles. The molecular weight excluding hydrogens is 515 g/mol. The molecular formula is C24H18Cl2N2O8. The van der Waals surface area contributed by atoms with E-state index in [-0.39, 0.29) is 29.4 Å². The maximum absolute atomic E-state index is 13.1. The molecule has 0 heterocycles. The van der Waals surface area contributed by atoms with Gasteiger partial charge in [0.2, 0.25) is 0 Å². The van der Waals surface area contributed by atoms with Crippen LogP contribution in [0.5, 0.6) is 5.75 Å². The molecule has 1 amide bonds. The summed E-state index contributed by atoms with van der Waals surface area (Å²) < 4.78 is 5.05. The molecule has 0 saturated heterocycles. The van der Waals surface area contributed by atoms with Crippen LogP contribution in [0.25, 0.3) is 11.1 Å². The van der Waals surface area contributed by atoms with E-state index < -0.39 is 46.3 Å². The lowest BCUT2D eigenvalue weighted by molar-refractivity contribution is 0.0517. The van der Waals surface area contributed by atoms with E-state index in [0.717, 1.165) is 6.07 Å². The number of rotatable bonds is 8. The minimum absolute atomic E-state index is 0.0549. The molecule has 0 atom stereocenters. The van der Waals surface area contributed by atoms with Gasteiger partial charge >= 0.3 is 17.9 Å². The summed E-state index contributed by atoms with van der Waals surface area (Å²) in [7, 11) is 0. The lowest BCUT2D eigenvalue weighted by Crippen LogP contribution is -2.20. The van der Waals surface area contributed by atoms with Gasteiger partial charge in [-0.2, -0.15) is 0 Å². The maximum atomic E-state index is 13.1. The summed E-state index contributed by atoms with van der Waals surface area (Å²) in [4.78, 5) is 48.8. The SMILES string of the molecule is NCCOC(=O)c1ccc(-c2ccc(Cl)cc2Cl)cc1NC(=O)c1cc(C(=O)O)c(O)cc1C(=O)O. The van der Waals surface area contributed by atoms with Gasteiger partial charge in [0, 0.05) is 22.2 Å². The summed E-state index contributed by atoms with van der Waals surface area (Å²) in [5.74, 6) is -5.87. The number of hydrogen-bond donors (Lipinski definition) is 5. The number of ether oxygens (including phenoxy) is 1. The zero-order chi connectivity index (χ0) is 26.6. The Labute approximate surface area is 213 Å². The highest BCUT2D eigenvalue weighted by atomic mass is 35.5. The number of aromatic carboxylic acids is 2. The molecule has 6 N–H and O–H groups in total. The molecule has 0 aliphatic carbocycles. The van der Waals surface area contributed by atoms with Crippen molar-refractivity contribution in [2.75, 3.05) is 18.5 Å². The Morgan fingerprint density at radius 3 is 2.17 bits per heavy atom. The third-order valence-corrected chi connectivity index (χ3v) is 5.47. The van der Waals surface area contributed by atoms with Crippen LogP contribution < -0.4 is 11.1 Å². The van der Waals surface area contributed by atoms with Gasteiger partial charge in [0.1, 0.15) is 17.9 Å². The van der Waals surface area contributed by atoms with Gasteiger partial charge in [-0.25, -0.2) is 14.4 Å². The van der Waals surface area contributed by atoms with E-state index >= 15 is 0 Å². The number of halogens is 2. The van der Waals surface area contributed by atoms with E-state index in [2.05, 4.69) is 5.32 Å². The number of phenols is 1. The zero-order valence-corrected chi connectivity index (χ0v) is 19.8. The quantitative estimate of drug-likeness (QED) is 0.267. The molecule has 3 rings (SSSR count). The summed E-state index contributed by atoms with van der Waals surface area (Å²) in [6.45, 7) is -0.0422. The van der Waals surface area contributed by atoms with Crippen molar-refractivity contribution in [1.29, 1.82) is 0 Å². The van der Waals surface area contributed by atoms with Crippen molar-refractivity contribution in [2.45, 2.75) is 0 Å². The van der Waals surface area contributed by atoms with Gasteiger partial charge in [0.25, 0.3) is 5.91 Å². The first kappa shape index (κ1) is 26.5. The first-order valence-corrected chi connectivity index (χ1v) is 10.9. The maximum Gasteiger partial charge on any atom is 0.340 e. The van der Waals surface area contributed by atoms with Gasteiger partial charge in [-0.15, -0.1) is 0 Å². The van der Waals surface area contributed by atoms with Gasteiger partial charge in [0.15, 0.2) is 0 Å². The second-order valence-electron chi connectivity index (χ2n) is 7.29. The Morgan fingerprint density at radius 2 is 1.56 bits per heavy atom. The topological polar surface area (TPSA) is 176 Å². The van der Waals surface area contributed by atoms with Gasteiger partial charge in [0.05, 0.1) is 22.4 Å².